The zero-order valence-electron chi connectivity index (χ0n) is 9.52. The van der Waals surface area contributed by atoms with E-state index in [0.29, 0.717) is 18.4 Å². The highest BCUT2D eigenvalue weighted by Gasteiger charge is 2.42. The highest BCUT2D eigenvalue weighted by atomic mass is 16.6. The molecule has 2 rings (SSSR count). The highest BCUT2D eigenvalue weighted by Crippen LogP contribution is 2.39. The molecule has 1 aromatic carbocycles. The number of Topliss-reactive ketones (excluding diaryl/α,β-unsaturated/α-hetero) is 1. The molecule has 0 atom stereocenters. The molecular formula is C13H15NO3. The lowest BCUT2D eigenvalue weighted by molar-refractivity contribution is -0.0435. The van der Waals surface area contributed by atoms with Crippen LogP contribution in [0.2, 0.25) is 0 Å². The molecule has 0 bridgehead atoms. The number of hydrogen-bond acceptors (Lipinski definition) is 3. The number of hydrogen-bond donors (Lipinski definition) is 1. The molecule has 0 unspecified atom stereocenters. The molecule has 1 amide bonds. The van der Waals surface area contributed by atoms with E-state index in [1.165, 1.54) is 0 Å². The lowest BCUT2D eigenvalue weighted by atomic mass is 9.76. The lowest BCUT2D eigenvalue weighted by Gasteiger charge is -2.39. The van der Waals surface area contributed by atoms with Crippen LogP contribution in [0, 0.1) is 0 Å². The van der Waals surface area contributed by atoms with Crippen LogP contribution in [0.3, 0.4) is 0 Å². The summed E-state index contributed by atoms with van der Waals surface area (Å²) in [7, 11) is 0. The van der Waals surface area contributed by atoms with Gasteiger partial charge in [-0.1, -0.05) is 30.3 Å². The van der Waals surface area contributed by atoms with Crippen molar-refractivity contribution in [1.82, 2.24) is 0 Å². The van der Waals surface area contributed by atoms with Gasteiger partial charge in [-0.2, -0.15) is 0 Å². The summed E-state index contributed by atoms with van der Waals surface area (Å²) >= 11 is 0. The summed E-state index contributed by atoms with van der Waals surface area (Å²) < 4.78 is 5.08. The van der Waals surface area contributed by atoms with Crippen molar-refractivity contribution in [3.63, 3.8) is 0 Å². The molecule has 90 valence electrons. The topological polar surface area (TPSA) is 69.4 Å². The van der Waals surface area contributed by atoms with Gasteiger partial charge in [-0.3, -0.25) is 4.79 Å². The summed E-state index contributed by atoms with van der Waals surface area (Å²) in [5.41, 5.74) is 5.02. The first-order valence-electron chi connectivity index (χ1n) is 5.68. The standard InChI is InChI=1S/C13H15NO3/c14-12(16)17-13(7-4-8-13)9-11(15)10-5-2-1-3-6-10/h1-3,5-6H,4,7-9H2,(H2,14,16). The van der Waals surface area contributed by atoms with Crippen LogP contribution in [-0.4, -0.2) is 17.5 Å². The third kappa shape index (κ3) is 2.64. The van der Waals surface area contributed by atoms with Gasteiger partial charge in [-0.05, 0) is 19.3 Å². The summed E-state index contributed by atoms with van der Waals surface area (Å²) in [6, 6.07) is 9.01. The first-order valence-corrected chi connectivity index (χ1v) is 5.68. The van der Waals surface area contributed by atoms with E-state index in [1.807, 2.05) is 18.2 Å². The number of ketones is 1. The van der Waals surface area contributed by atoms with Crippen molar-refractivity contribution in [2.45, 2.75) is 31.3 Å². The molecule has 0 aliphatic heterocycles. The Morgan fingerprint density at radius 2 is 1.88 bits per heavy atom. The van der Waals surface area contributed by atoms with Gasteiger partial charge in [0.2, 0.25) is 0 Å². The Bertz CT molecular complexity index is 424. The molecule has 1 fully saturated rings. The summed E-state index contributed by atoms with van der Waals surface area (Å²) in [6.45, 7) is 0. The number of amides is 1. The predicted molar refractivity (Wildman–Crippen MR) is 62.6 cm³/mol. The zero-order valence-corrected chi connectivity index (χ0v) is 9.52. The molecule has 1 aliphatic rings. The van der Waals surface area contributed by atoms with Gasteiger partial charge >= 0.3 is 6.09 Å². The molecule has 1 aliphatic carbocycles. The number of carbonyl (C=O) groups is 2. The molecular weight excluding hydrogens is 218 g/mol. The number of benzene rings is 1. The molecule has 17 heavy (non-hydrogen) atoms. The van der Waals surface area contributed by atoms with Crippen LogP contribution in [0.25, 0.3) is 0 Å². The van der Waals surface area contributed by atoms with E-state index in [2.05, 4.69) is 0 Å². The van der Waals surface area contributed by atoms with Crippen molar-refractivity contribution in [3.05, 3.63) is 35.9 Å². The Morgan fingerprint density at radius 3 is 2.35 bits per heavy atom. The van der Waals surface area contributed by atoms with Gasteiger partial charge in [0.1, 0.15) is 5.60 Å². The Balaban J connectivity index is 2.05. The SMILES string of the molecule is NC(=O)OC1(CC(=O)c2ccccc2)CCC1. The smallest absolute Gasteiger partial charge is 0.405 e. The molecule has 1 aromatic rings. The van der Waals surface area contributed by atoms with Gasteiger partial charge in [-0.15, -0.1) is 0 Å². The number of carbonyl (C=O) groups excluding carboxylic acids is 2. The molecule has 0 radical (unpaired) electrons. The normalized spacial score (nSPS) is 16.9. The number of nitrogens with two attached hydrogens (primary N) is 1. The van der Waals surface area contributed by atoms with Crippen LogP contribution in [0.5, 0.6) is 0 Å². The molecule has 4 nitrogen and oxygen atoms in total. The third-order valence-corrected chi connectivity index (χ3v) is 3.16. The van der Waals surface area contributed by atoms with Gasteiger partial charge in [0.15, 0.2) is 5.78 Å². The predicted octanol–water partition coefficient (Wildman–Crippen LogP) is 2.28. The molecule has 0 heterocycles. The second-order valence-corrected chi connectivity index (χ2v) is 4.42. The highest BCUT2D eigenvalue weighted by molar-refractivity contribution is 5.96. The average molecular weight is 233 g/mol. The van der Waals surface area contributed by atoms with Crippen molar-refractivity contribution >= 4 is 11.9 Å². The first kappa shape index (κ1) is 11.6. The minimum absolute atomic E-state index is 0.00782. The zero-order chi connectivity index (χ0) is 12.3. The van der Waals surface area contributed by atoms with E-state index >= 15 is 0 Å². The largest absolute Gasteiger partial charge is 0.443 e. The second-order valence-electron chi connectivity index (χ2n) is 4.42. The van der Waals surface area contributed by atoms with Crippen LogP contribution >= 0.6 is 0 Å². The molecule has 0 aromatic heterocycles. The van der Waals surface area contributed by atoms with Gasteiger partial charge in [0.05, 0.1) is 6.42 Å². The van der Waals surface area contributed by atoms with E-state index in [1.54, 1.807) is 12.1 Å². The summed E-state index contributed by atoms with van der Waals surface area (Å²) in [6.07, 6.45) is 1.82. The minimum atomic E-state index is -0.800. The monoisotopic (exact) mass is 233 g/mol. The average Bonchev–Trinajstić information content (AvgIpc) is 2.26. The Kier molecular flexibility index (Phi) is 3.13. The lowest BCUT2D eigenvalue weighted by Crippen LogP contribution is -2.45. The Morgan fingerprint density at radius 1 is 1.24 bits per heavy atom. The maximum absolute atomic E-state index is 12.0. The van der Waals surface area contributed by atoms with Crippen LogP contribution in [0.1, 0.15) is 36.0 Å². The molecule has 0 spiro atoms. The van der Waals surface area contributed by atoms with Crippen molar-refractivity contribution in [2.75, 3.05) is 0 Å². The quantitative estimate of drug-likeness (QED) is 0.811. The van der Waals surface area contributed by atoms with E-state index in [0.717, 1.165) is 6.42 Å². The van der Waals surface area contributed by atoms with Crippen molar-refractivity contribution in [3.8, 4) is 0 Å². The molecule has 1 saturated carbocycles. The van der Waals surface area contributed by atoms with E-state index in [-0.39, 0.29) is 12.2 Å². The van der Waals surface area contributed by atoms with Crippen LogP contribution in [0.15, 0.2) is 30.3 Å². The maximum atomic E-state index is 12.0. The van der Waals surface area contributed by atoms with Crippen LogP contribution in [-0.2, 0) is 4.74 Å². The molecule has 4 heteroatoms. The van der Waals surface area contributed by atoms with E-state index in [9.17, 15) is 9.59 Å². The van der Waals surface area contributed by atoms with Gasteiger partial charge in [0, 0.05) is 5.56 Å². The molecule has 2 N–H and O–H groups in total. The van der Waals surface area contributed by atoms with Crippen molar-refractivity contribution in [1.29, 1.82) is 0 Å². The number of rotatable bonds is 4. The first-order chi connectivity index (χ1) is 8.11. The third-order valence-electron chi connectivity index (χ3n) is 3.16. The van der Waals surface area contributed by atoms with Crippen molar-refractivity contribution < 1.29 is 14.3 Å². The maximum Gasteiger partial charge on any atom is 0.405 e. The Hall–Kier alpha value is -1.84. The molecule has 0 saturated heterocycles. The van der Waals surface area contributed by atoms with Gasteiger partial charge < -0.3 is 10.5 Å². The van der Waals surface area contributed by atoms with Gasteiger partial charge in [0.25, 0.3) is 0 Å². The fourth-order valence-electron chi connectivity index (χ4n) is 2.12. The van der Waals surface area contributed by atoms with Gasteiger partial charge in [-0.25, -0.2) is 4.79 Å². The Labute approximate surface area is 99.8 Å². The van der Waals surface area contributed by atoms with E-state index in [4.69, 9.17) is 10.5 Å². The summed E-state index contributed by atoms with van der Waals surface area (Å²) in [4.78, 5) is 22.8. The van der Waals surface area contributed by atoms with Crippen molar-refractivity contribution in [2.24, 2.45) is 5.73 Å². The summed E-state index contributed by atoms with van der Waals surface area (Å²) in [5, 5.41) is 0. The number of primary amides is 1. The van der Waals surface area contributed by atoms with Crippen LogP contribution in [0.4, 0.5) is 4.79 Å². The fraction of sp³-hybridized carbons (Fsp3) is 0.385. The van der Waals surface area contributed by atoms with Crippen LogP contribution < -0.4 is 5.73 Å². The fourth-order valence-corrected chi connectivity index (χ4v) is 2.12. The number of ether oxygens (including phenoxy) is 1. The summed E-state index contributed by atoms with van der Waals surface area (Å²) in [5.74, 6) is -0.00782. The minimum Gasteiger partial charge on any atom is -0.443 e. The second kappa shape index (κ2) is 4.57. The van der Waals surface area contributed by atoms with E-state index < -0.39 is 11.7 Å².